The fraction of sp³-hybridized carbons (Fsp3) is 0.357. The second-order valence-corrected chi connectivity index (χ2v) is 4.75. The fourth-order valence-corrected chi connectivity index (χ4v) is 1.82. The first kappa shape index (κ1) is 14.8. The molecule has 7 nitrogen and oxygen atoms in total. The molecule has 0 aromatic carbocycles. The average Bonchev–Trinajstić information content (AvgIpc) is 2.76. The van der Waals surface area contributed by atoms with Gasteiger partial charge in [-0.3, -0.25) is 9.67 Å². The summed E-state index contributed by atoms with van der Waals surface area (Å²) in [6, 6.07) is 3.34. The predicted octanol–water partition coefficient (Wildman–Crippen LogP) is 1.71. The Kier molecular flexibility index (Phi) is 4.76. The Morgan fingerprint density at radius 2 is 2.33 bits per heavy atom. The highest BCUT2D eigenvalue weighted by Gasteiger charge is 2.09. The number of carbonyl (C=O) groups excluding carboxylic acids is 1. The van der Waals surface area contributed by atoms with E-state index in [2.05, 4.69) is 20.7 Å². The Hall–Kier alpha value is -2.57. The third-order valence-electron chi connectivity index (χ3n) is 2.78. The number of aromatic nitrogens is 3. The summed E-state index contributed by atoms with van der Waals surface area (Å²) in [5.74, 6) is 0.676. The zero-order chi connectivity index (χ0) is 15.2. The van der Waals surface area contributed by atoms with Crippen LogP contribution in [0.2, 0.25) is 0 Å². The summed E-state index contributed by atoms with van der Waals surface area (Å²) in [6.07, 6.45) is 4.91. The highest BCUT2D eigenvalue weighted by molar-refractivity contribution is 5.89. The third-order valence-corrected chi connectivity index (χ3v) is 2.78. The molecule has 2 aromatic rings. The van der Waals surface area contributed by atoms with E-state index in [4.69, 9.17) is 4.74 Å². The topological polar surface area (TPSA) is 81.1 Å². The predicted molar refractivity (Wildman–Crippen MR) is 79.3 cm³/mol. The zero-order valence-corrected chi connectivity index (χ0v) is 12.3. The summed E-state index contributed by atoms with van der Waals surface area (Å²) >= 11 is 0. The summed E-state index contributed by atoms with van der Waals surface area (Å²) in [4.78, 5) is 15.8. The lowest BCUT2D eigenvalue weighted by atomic mass is 10.4. The van der Waals surface area contributed by atoms with Crippen molar-refractivity contribution in [3.05, 3.63) is 36.4 Å². The molecule has 1 atom stereocenters. The maximum Gasteiger partial charge on any atom is 0.319 e. The van der Waals surface area contributed by atoms with E-state index in [9.17, 15) is 4.79 Å². The summed E-state index contributed by atoms with van der Waals surface area (Å²) in [6.45, 7) is 4.10. The number of rotatable bonds is 5. The Labute approximate surface area is 123 Å². The van der Waals surface area contributed by atoms with E-state index >= 15 is 0 Å². The van der Waals surface area contributed by atoms with Crippen LogP contribution in [-0.2, 0) is 7.05 Å². The number of carbonyl (C=O) groups is 1. The molecule has 0 saturated carbocycles. The SMILES string of the molecule is Cc1nn(C)cc1NC(=O)NC[C@@H](C)Oc1cccnc1. The quantitative estimate of drug-likeness (QED) is 0.878. The number of amides is 2. The van der Waals surface area contributed by atoms with Gasteiger partial charge in [0, 0.05) is 19.4 Å². The van der Waals surface area contributed by atoms with Crippen molar-refractivity contribution < 1.29 is 9.53 Å². The number of aryl methyl sites for hydroxylation is 2. The summed E-state index contributed by atoms with van der Waals surface area (Å²) < 4.78 is 7.27. The monoisotopic (exact) mass is 289 g/mol. The zero-order valence-electron chi connectivity index (χ0n) is 12.3. The van der Waals surface area contributed by atoms with Crippen LogP contribution < -0.4 is 15.4 Å². The first-order valence-electron chi connectivity index (χ1n) is 6.66. The number of nitrogens with one attached hydrogen (secondary N) is 2. The minimum absolute atomic E-state index is 0.157. The highest BCUT2D eigenvalue weighted by Crippen LogP contribution is 2.11. The molecular formula is C14H19N5O2. The molecule has 7 heteroatoms. The normalized spacial score (nSPS) is 11.8. The Morgan fingerprint density at radius 3 is 2.95 bits per heavy atom. The largest absolute Gasteiger partial charge is 0.487 e. The molecule has 21 heavy (non-hydrogen) atoms. The Morgan fingerprint density at radius 1 is 1.52 bits per heavy atom. The van der Waals surface area contributed by atoms with Gasteiger partial charge in [-0.25, -0.2) is 4.79 Å². The van der Waals surface area contributed by atoms with Crippen LogP contribution >= 0.6 is 0 Å². The molecular weight excluding hydrogens is 270 g/mol. The van der Waals surface area contributed by atoms with Gasteiger partial charge in [-0.05, 0) is 26.0 Å². The number of pyridine rings is 1. The van der Waals surface area contributed by atoms with E-state index in [0.717, 1.165) is 5.69 Å². The van der Waals surface area contributed by atoms with Gasteiger partial charge in [-0.15, -0.1) is 0 Å². The molecule has 2 aromatic heterocycles. The second kappa shape index (κ2) is 6.74. The van der Waals surface area contributed by atoms with Crippen LogP contribution in [0, 0.1) is 6.92 Å². The van der Waals surface area contributed by atoms with Crippen molar-refractivity contribution in [1.29, 1.82) is 0 Å². The molecule has 2 N–H and O–H groups in total. The van der Waals surface area contributed by atoms with E-state index in [-0.39, 0.29) is 12.1 Å². The molecule has 0 aliphatic heterocycles. The second-order valence-electron chi connectivity index (χ2n) is 4.75. The number of anilines is 1. The smallest absolute Gasteiger partial charge is 0.319 e. The first-order valence-corrected chi connectivity index (χ1v) is 6.66. The minimum Gasteiger partial charge on any atom is -0.487 e. The van der Waals surface area contributed by atoms with Crippen molar-refractivity contribution in [2.45, 2.75) is 20.0 Å². The lowest BCUT2D eigenvalue weighted by molar-refractivity contribution is 0.211. The van der Waals surface area contributed by atoms with Gasteiger partial charge in [0.25, 0.3) is 0 Å². The van der Waals surface area contributed by atoms with Gasteiger partial charge < -0.3 is 15.4 Å². The van der Waals surface area contributed by atoms with Gasteiger partial charge in [0.05, 0.1) is 24.1 Å². The maximum atomic E-state index is 11.8. The molecule has 0 spiro atoms. The molecule has 2 rings (SSSR count). The third kappa shape index (κ3) is 4.48. The number of hydrogen-bond acceptors (Lipinski definition) is 4. The number of hydrogen-bond donors (Lipinski definition) is 2. The molecule has 0 saturated heterocycles. The van der Waals surface area contributed by atoms with E-state index in [1.165, 1.54) is 0 Å². The lowest BCUT2D eigenvalue weighted by Crippen LogP contribution is -2.36. The van der Waals surface area contributed by atoms with Crippen LogP contribution in [0.4, 0.5) is 10.5 Å². The van der Waals surface area contributed by atoms with Crippen LogP contribution in [0.15, 0.2) is 30.7 Å². The molecule has 2 amide bonds. The van der Waals surface area contributed by atoms with Crippen molar-refractivity contribution in [2.75, 3.05) is 11.9 Å². The molecule has 0 aliphatic rings. The van der Waals surface area contributed by atoms with Crippen molar-refractivity contribution in [2.24, 2.45) is 7.05 Å². The molecule has 0 unspecified atom stereocenters. The number of urea groups is 1. The molecule has 0 aliphatic carbocycles. The summed E-state index contributed by atoms with van der Waals surface area (Å²) in [5, 5.41) is 9.66. The number of nitrogens with zero attached hydrogens (tertiary/aromatic N) is 3. The van der Waals surface area contributed by atoms with Gasteiger partial charge in [0.2, 0.25) is 0 Å². The van der Waals surface area contributed by atoms with Crippen molar-refractivity contribution >= 4 is 11.7 Å². The van der Waals surface area contributed by atoms with Gasteiger partial charge in [-0.1, -0.05) is 0 Å². The van der Waals surface area contributed by atoms with Crippen LogP contribution in [0.1, 0.15) is 12.6 Å². The summed E-state index contributed by atoms with van der Waals surface area (Å²) in [7, 11) is 1.81. The molecule has 0 fully saturated rings. The maximum absolute atomic E-state index is 11.8. The molecule has 2 heterocycles. The molecule has 0 bridgehead atoms. The molecule has 0 radical (unpaired) electrons. The Balaban J connectivity index is 1.77. The summed E-state index contributed by atoms with van der Waals surface area (Å²) in [5.41, 5.74) is 1.46. The highest BCUT2D eigenvalue weighted by atomic mass is 16.5. The minimum atomic E-state index is -0.285. The van der Waals surface area contributed by atoms with E-state index in [0.29, 0.717) is 18.0 Å². The fourth-order valence-electron chi connectivity index (χ4n) is 1.82. The van der Waals surface area contributed by atoms with Crippen LogP contribution in [0.3, 0.4) is 0 Å². The van der Waals surface area contributed by atoms with Crippen LogP contribution in [0.5, 0.6) is 5.75 Å². The Bertz CT molecular complexity index is 597. The van der Waals surface area contributed by atoms with Crippen molar-refractivity contribution in [3.63, 3.8) is 0 Å². The van der Waals surface area contributed by atoms with Crippen molar-refractivity contribution in [1.82, 2.24) is 20.1 Å². The van der Waals surface area contributed by atoms with Gasteiger partial charge in [0.15, 0.2) is 0 Å². The van der Waals surface area contributed by atoms with Gasteiger partial charge >= 0.3 is 6.03 Å². The van der Waals surface area contributed by atoms with Gasteiger partial charge in [0.1, 0.15) is 11.9 Å². The van der Waals surface area contributed by atoms with E-state index < -0.39 is 0 Å². The van der Waals surface area contributed by atoms with Crippen LogP contribution in [0.25, 0.3) is 0 Å². The van der Waals surface area contributed by atoms with Crippen molar-refractivity contribution in [3.8, 4) is 5.75 Å². The standard InChI is InChI=1S/C14H19N5O2/c1-10(21-12-5-4-6-15-8-12)7-16-14(20)17-13-9-19(3)18-11(13)2/h4-6,8-10H,7H2,1-3H3,(H2,16,17,20)/t10-/m1/s1. The van der Waals surface area contributed by atoms with Crippen LogP contribution in [-0.4, -0.2) is 33.4 Å². The molecule has 112 valence electrons. The van der Waals surface area contributed by atoms with Gasteiger partial charge in [-0.2, -0.15) is 5.10 Å². The average molecular weight is 289 g/mol. The van der Waals surface area contributed by atoms with E-state index in [1.807, 2.05) is 19.9 Å². The lowest BCUT2D eigenvalue weighted by Gasteiger charge is -2.15. The number of ether oxygens (including phenoxy) is 1. The first-order chi connectivity index (χ1) is 10.0. The van der Waals surface area contributed by atoms with E-state index in [1.54, 1.807) is 36.4 Å².